The van der Waals surface area contributed by atoms with Crippen molar-refractivity contribution in [1.29, 1.82) is 0 Å². The van der Waals surface area contributed by atoms with Gasteiger partial charge in [0.25, 0.3) is 5.91 Å². The largest absolute Gasteiger partial charge is 0.495 e. The van der Waals surface area contributed by atoms with E-state index in [-0.39, 0.29) is 9.92 Å². The summed E-state index contributed by atoms with van der Waals surface area (Å²) in [4.78, 5) is 12.0. The first kappa shape index (κ1) is 23.5. The second-order valence-electron chi connectivity index (χ2n) is 5.97. The molecular formula is C19H22ClN3O6S. The minimum atomic E-state index is -3.93. The van der Waals surface area contributed by atoms with Gasteiger partial charge in [0.2, 0.25) is 10.0 Å². The molecule has 9 nitrogen and oxygen atoms in total. The van der Waals surface area contributed by atoms with Crippen LogP contribution in [0, 0.1) is 0 Å². The van der Waals surface area contributed by atoms with E-state index in [0.29, 0.717) is 22.8 Å². The average Bonchev–Trinajstić information content (AvgIpc) is 2.73. The molecule has 0 bridgehead atoms. The highest BCUT2D eigenvalue weighted by Gasteiger charge is 2.23. The molecule has 0 atom stereocenters. The van der Waals surface area contributed by atoms with Crippen LogP contribution in [0.2, 0.25) is 5.02 Å². The number of hydrogen-bond donors (Lipinski definition) is 1. The summed E-state index contributed by atoms with van der Waals surface area (Å²) >= 11 is 5.99. The maximum Gasteiger partial charge on any atom is 0.255 e. The number of methoxy groups -OCH3 is 3. The zero-order valence-electron chi connectivity index (χ0n) is 16.9. The molecule has 0 aliphatic carbocycles. The van der Waals surface area contributed by atoms with E-state index in [2.05, 4.69) is 10.5 Å². The number of likely N-dealkylation sites (N-methyl/N-ethyl adjacent to an activating group) is 1. The van der Waals surface area contributed by atoms with Crippen molar-refractivity contribution in [2.45, 2.75) is 4.90 Å². The quantitative estimate of drug-likeness (QED) is 0.458. The normalized spacial score (nSPS) is 11.5. The Balaban J connectivity index is 2.01. The van der Waals surface area contributed by atoms with Gasteiger partial charge in [0.05, 0.1) is 44.0 Å². The van der Waals surface area contributed by atoms with Crippen LogP contribution in [0.5, 0.6) is 17.2 Å². The number of carbonyl (C=O) groups is 1. The van der Waals surface area contributed by atoms with E-state index in [4.69, 9.17) is 25.8 Å². The van der Waals surface area contributed by atoms with Crippen molar-refractivity contribution in [1.82, 2.24) is 9.73 Å². The topological polar surface area (TPSA) is 107 Å². The molecule has 0 heterocycles. The van der Waals surface area contributed by atoms with Crippen molar-refractivity contribution < 1.29 is 27.4 Å². The summed E-state index contributed by atoms with van der Waals surface area (Å²) in [6, 6.07) is 9.15. The highest BCUT2D eigenvalue weighted by Crippen LogP contribution is 2.28. The van der Waals surface area contributed by atoms with Crippen LogP contribution in [0.15, 0.2) is 46.4 Å². The number of benzene rings is 2. The van der Waals surface area contributed by atoms with E-state index in [1.54, 1.807) is 18.2 Å². The van der Waals surface area contributed by atoms with Crippen molar-refractivity contribution in [2.24, 2.45) is 5.10 Å². The average molecular weight is 456 g/mol. The first-order chi connectivity index (χ1) is 14.2. The summed E-state index contributed by atoms with van der Waals surface area (Å²) < 4.78 is 41.5. The highest BCUT2D eigenvalue weighted by atomic mass is 35.5. The molecule has 0 spiro atoms. The molecule has 1 amide bonds. The van der Waals surface area contributed by atoms with Crippen LogP contribution in [0.4, 0.5) is 0 Å². The molecule has 0 fully saturated rings. The molecule has 2 aromatic carbocycles. The molecule has 11 heteroatoms. The molecule has 0 saturated heterocycles. The number of hydrogen-bond acceptors (Lipinski definition) is 7. The second kappa shape index (κ2) is 10.3. The zero-order chi connectivity index (χ0) is 22.3. The van der Waals surface area contributed by atoms with Crippen LogP contribution in [0.25, 0.3) is 0 Å². The van der Waals surface area contributed by atoms with E-state index >= 15 is 0 Å². The first-order valence-corrected chi connectivity index (χ1v) is 10.4. The molecule has 2 rings (SSSR count). The first-order valence-electron chi connectivity index (χ1n) is 8.56. The van der Waals surface area contributed by atoms with Crippen LogP contribution in [0.1, 0.15) is 5.56 Å². The molecule has 0 aromatic heterocycles. The van der Waals surface area contributed by atoms with E-state index < -0.39 is 22.5 Å². The summed E-state index contributed by atoms with van der Waals surface area (Å²) in [7, 11) is 1.81. The number of rotatable bonds is 9. The molecule has 0 saturated carbocycles. The van der Waals surface area contributed by atoms with Crippen LogP contribution in [-0.2, 0) is 14.8 Å². The maximum absolute atomic E-state index is 12.6. The van der Waals surface area contributed by atoms with Gasteiger partial charge in [-0.25, -0.2) is 13.8 Å². The molecule has 30 heavy (non-hydrogen) atoms. The Morgan fingerprint density at radius 3 is 2.30 bits per heavy atom. The Bertz CT molecular complexity index is 1040. The summed E-state index contributed by atoms with van der Waals surface area (Å²) in [5, 5.41) is 3.99. The van der Waals surface area contributed by atoms with Gasteiger partial charge in [-0.1, -0.05) is 11.6 Å². The summed E-state index contributed by atoms with van der Waals surface area (Å²) in [6.07, 6.45) is 1.40. The monoisotopic (exact) mass is 455 g/mol. The van der Waals surface area contributed by atoms with E-state index in [0.717, 1.165) is 4.31 Å². The van der Waals surface area contributed by atoms with Crippen molar-refractivity contribution in [2.75, 3.05) is 34.9 Å². The van der Waals surface area contributed by atoms with E-state index in [9.17, 15) is 13.2 Å². The number of nitrogens with zero attached hydrogens (tertiary/aromatic N) is 2. The third-order valence-corrected chi connectivity index (χ3v) is 6.10. The summed E-state index contributed by atoms with van der Waals surface area (Å²) in [5.74, 6) is 0.804. The third kappa shape index (κ3) is 5.62. The van der Waals surface area contributed by atoms with Crippen molar-refractivity contribution in [3.63, 3.8) is 0 Å². The van der Waals surface area contributed by atoms with Crippen LogP contribution in [0.3, 0.4) is 0 Å². The number of carbonyl (C=O) groups excluding carboxylic acids is 1. The maximum atomic E-state index is 12.6. The fourth-order valence-corrected chi connectivity index (χ4v) is 3.90. The number of ether oxygens (including phenoxy) is 3. The van der Waals surface area contributed by atoms with Gasteiger partial charge < -0.3 is 14.2 Å². The van der Waals surface area contributed by atoms with Gasteiger partial charge in [-0.3, -0.25) is 4.79 Å². The smallest absolute Gasteiger partial charge is 0.255 e. The number of halogens is 1. The number of nitrogens with one attached hydrogen (secondary N) is 1. The predicted octanol–water partition coefficient (Wildman–Crippen LogP) is 2.14. The second-order valence-corrected chi connectivity index (χ2v) is 8.42. The number of sulfonamides is 1. The summed E-state index contributed by atoms with van der Waals surface area (Å²) in [5.41, 5.74) is 2.94. The molecular weight excluding hydrogens is 434 g/mol. The van der Waals surface area contributed by atoms with Gasteiger partial charge in [0.15, 0.2) is 11.5 Å². The Morgan fingerprint density at radius 2 is 1.70 bits per heavy atom. The van der Waals surface area contributed by atoms with Gasteiger partial charge in [-0.2, -0.15) is 9.41 Å². The zero-order valence-corrected chi connectivity index (χ0v) is 18.5. The molecule has 0 radical (unpaired) electrons. The predicted molar refractivity (Wildman–Crippen MR) is 113 cm³/mol. The minimum Gasteiger partial charge on any atom is -0.495 e. The van der Waals surface area contributed by atoms with Gasteiger partial charge in [0, 0.05) is 7.05 Å². The molecule has 162 valence electrons. The van der Waals surface area contributed by atoms with Gasteiger partial charge in [0.1, 0.15) is 5.75 Å². The van der Waals surface area contributed by atoms with E-state index in [1.807, 2.05) is 0 Å². The lowest BCUT2D eigenvalue weighted by Crippen LogP contribution is -2.36. The third-order valence-electron chi connectivity index (χ3n) is 4.01. The SMILES string of the molecule is COc1ccc(S(=O)(=O)N(C)CC(=O)NN=Cc2ccc(OC)c(OC)c2)cc1Cl. The standard InChI is InChI=1S/C19H22ClN3O6S/c1-23(30(25,26)14-6-8-16(27-2)15(20)10-14)12-19(24)22-21-11-13-5-7-17(28-3)18(9-13)29-4/h5-11H,12H2,1-4H3,(H,22,24). The Morgan fingerprint density at radius 1 is 1.07 bits per heavy atom. The van der Waals surface area contributed by atoms with Crippen molar-refractivity contribution in [3.05, 3.63) is 47.0 Å². The Labute approximate surface area is 180 Å². The fourth-order valence-electron chi connectivity index (χ4n) is 2.42. The lowest BCUT2D eigenvalue weighted by atomic mass is 10.2. The molecule has 0 aliphatic rings. The number of hydrazone groups is 1. The Kier molecular flexibility index (Phi) is 8.04. The lowest BCUT2D eigenvalue weighted by molar-refractivity contribution is -0.121. The van der Waals surface area contributed by atoms with Crippen LogP contribution < -0.4 is 19.6 Å². The number of amides is 1. The van der Waals surface area contributed by atoms with Crippen molar-refractivity contribution >= 4 is 33.7 Å². The van der Waals surface area contributed by atoms with E-state index in [1.165, 1.54) is 52.8 Å². The molecule has 2 aromatic rings. The summed E-state index contributed by atoms with van der Waals surface area (Å²) in [6.45, 7) is -0.435. The van der Waals surface area contributed by atoms with Gasteiger partial charge in [-0.05, 0) is 42.0 Å². The van der Waals surface area contributed by atoms with Gasteiger partial charge in [-0.15, -0.1) is 0 Å². The molecule has 0 unspecified atom stereocenters. The van der Waals surface area contributed by atoms with Crippen molar-refractivity contribution in [3.8, 4) is 17.2 Å². The lowest BCUT2D eigenvalue weighted by Gasteiger charge is -2.16. The molecule has 0 aliphatic heterocycles. The fraction of sp³-hybridized carbons (Fsp3) is 0.263. The van der Waals surface area contributed by atoms with Crippen LogP contribution in [-0.4, -0.2) is 59.8 Å². The van der Waals surface area contributed by atoms with Gasteiger partial charge >= 0.3 is 0 Å². The Hall–Kier alpha value is -2.82. The van der Waals surface area contributed by atoms with Crippen LogP contribution >= 0.6 is 11.6 Å². The molecule has 1 N–H and O–H groups in total. The highest BCUT2D eigenvalue weighted by molar-refractivity contribution is 7.89. The minimum absolute atomic E-state index is 0.0579.